The third-order valence-corrected chi connectivity index (χ3v) is 2.82. The quantitative estimate of drug-likeness (QED) is 0.705. The zero-order valence-electron chi connectivity index (χ0n) is 8.85. The fraction of sp³-hybridized carbons (Fsp3) is 0.500. The van der Waals surface area contributed by atoms with E-state index in [4.69, 9.17) is 0 Å². The van der Waals surface area contributed by atoms with Gasteiger partial charge in [-0.25, -0.2) is 4.39 Å². The van der Waals surface area contributed by atoms with Gasteiger partial charge >= 0.3 is 0 Å². The van der Waals surface area contributed by atoms with E-state index in [0.29, 0.717) is 16.3 Å². The number of aryl methyl sites for hydroxylation is 1. The van der Waals surface area contributed by atoms with E-state index in [9.17, 15) is 4.39 Å². The Morgan fingerprint density at radius 1 is 1.36 bits per heavy atom. The third-order valence-electron chi connectivity index (χ3n) is 2.44. The molecular weight excluding hydrogens is 243 g/mol. The van der Waals surface area contributed by atoms with E-state index < -0.39 is 0 Å². The summed E-state index contributed by atoms with van der Waals surface area (Å²) in [6.45, 7) is 6.03. The summed E-state index contributed by atoms with van der Waals surface area (Å²) in [5.74, 6) is 0.302. The number of rotatable bonds is 3. The molecule has 0 fully saturated rings. The summed E-state index contributed by atoms with van der Waals surface area (Å²) in [5.41, 5.74) is 1.80. The smallest absolute Gasteiger partial charge is 0.126 e. The molecule has 0 aromatic heterocycles. The molecule has 0 radical (unpaired) electrons. The van der Waals surface area contributed by atoms with Crippen LogP contribution in [0.1, 0.15) is 37.3 Å². The van der Waals surface area contributed by atoms with Crippen LogP contribution in [0.3, 0.4) is 0 Å². The fourth-order valence-electron chi connectivity index (χ4n) is 1.54. The molecule has 1 aromatic carbocycles. The summed E-state index contributed by atoms with van der Waals surface area (Å²) in [5, 5.41) is 0. The van der Waals surface area contributed by atoms with Gasteiger partial charge in [0, 0.05) is 4.83 Å². The highest BCUT2D eigenvalue weighted by atomic mass is 79.9. The molecule has 2 unspecified atom stereocenters. The van der Waals surface area contributed by atoms with Gasteiger partial charge in [0.05, 0.1) is 0 Å². The van der Waals surface area contributed by atoms with Gasteiger partial charge < -0.3 is 0 Å². The Hall–Kier alpha value is -0.370. The van der Waals surface area contributed by atoms with Crippen LogP contribution in [0.2, 0.25) is 0 Å². The first kappa shape index (κ1) is 11.7. The highest BCUT2D eigenvalue weighted by Gasteiger charge is 2.09. The Morgan fingerprint density at radius 2 is 2.00 bits per heavy atom. The Morgan fingerprint density at radius 3 is 2.50 bits per heavy atom. The van der Waals surface area contributed by atoms with Crippen LogP contribution in [-0.4, -0.2) is 4.83 Å². The van der Waals surface area contributed by atoms with Crippen molar-refractivity contribution in [3.63, 3.8) is 0 Å². The van der Waals surface area contributed by atoms with Crippen molar-refractivity contribution >= 4 is 15.9 Å². The van der Waals surface area contributed by atoms with E-state index in [0.717, 1.165) is 12.0 Å². The van der Waals surface area contributed by atoms with Crippen LogP contribution in [0, 0.1) is 12.7 Å². The first-order chi connectivity index (χ1) is 6.50. The molecule has 0 N–H and O–H groups in total. The van der Waals surface area contributed by atoms with Crippen LogP contribution in [0.4, 0.5) is 4.39 Å². The Kier molecular flexibility index (Phi) is 4.11. The largest absolute Gasteiger partial charge is 0.207 e. The van der Waals surface area contributed by atoms with E-state index in [1.807, 2.05) is 12.1 Å². The predicted molar refractivity (Wildman–Crippen MR) is 62.6 cm³/mol. The average Bonchev–Trinajstić information content (AvgIpc) is 2.08. The summed E-state index contributed by atoms with van der Waals surface area (Å²) in [6, 6.07) is 5.51. The lowest BCUT2D eigenvalue weighted by atomic mass is 9.95. The van der Waals surface area contributed by atoms with Crippen molar-refractivity contribution in [2.24, 2.45) is 0 Å². The van der Waals surface area contributed by atoms with Crippen LogP contribution in [0.25, 0.3) is 0 Å². The zero-order chi connectivity index (χ0) is 10.7. The van der Waals surface area contributed by atoms with Crippen molar-refractivity contribution in [1.29, 1.82) is 0 Å². The van der Waals surface area contributed by atoms with E-state index in [-0.39, 0.29) is 5.82 Å². The lowest BCUT2D eigenvalue weighted by Crippen LogP contribution is -2.01. The van der Waals surface area contributed by atoms with Crippen LogP contribution >= 0.6 is 15.9 Å². The number of hydrogen-bond donors (Lipinski definition) is 0. The van der Waals surface area contributed by atoms with E-state index in [1.165, 1.54) is 0 Å². The molecule has 0 amide bonds. The third kappa shape index (κ3) is 3.09. The zero-order valence-corrected chi connectivity index (χ0v) is 10.4. The predicted octanol–water partition coefficient (Wildman–Crippen LogP) is 4.41. The van der Waals surface area contributed by atoms with Gasteiger partial charge in [-0.3, -0.25) is 0 Å². The fourth-order valence-corrected chi connectivity index (χ4v) is 2.10. The second-order valence-corrected chi connectivity index (χ2v) is 5.49. The first-order valence-electron chi connectivity index (χ1n) is 4.91. The van der Waals surface area contributed by atoms with Gasteiger partial charge in [0.15, 0.2) is 0 Å². The molecule has 0 aliphatic heterocycles. The number of benzene rings is 1. The van der Waals surface area contributed by atoms with Crippen LogP contribution in [0.5, 0.6) is 0 Å². The molecule has 0 heterocycles. The normalized spacial score (nSPS) is 15.2. The molecule has 0 aliphatic carbocycles. The summed E-state index contributed by atoms with van der Waals surface area (Å²) in [4.78, 5) is 0.474. The van der Waals surface area contributed by atoms with Crippen molar-refractivity contribution < 1.29 is 4.39 Å². The lowest BCUT2D eigenvalue weighted by molar-refractivity contribution is 0.607. The topological polar surface area (TPSA) is 0 Å². The molecule has 0 nitrogen and oxygen atoms in total. The number of alkyl halides is 1. The van der Waals surface area contributed by atoms with Crippen LogP contribution < -0.4 is 0 Å². The highest BCUT2D eigenvalue weighted by Crippen LogP contribution is 2.24. The monoisotopic (exact) mass is 258 g/mol. The molecule has 0 spiro atoms. The van der Waals surface area contributed by atoms with Gasteiger partial charge in [0.2, 0.25) is 0 Å². The van der Waals surface area contributed by atoms with Gasteiger partial charge in [-0.15, -0.1) is 0 Å². The highest BCUT2D eigenvalue weighted by molar-refractivity contribution is 9.09. The van der Waals surface area contributed by atoms with E-state index in [2.05, 4.69) is 29.8 Å². The SMILES string of the molecule is Cc1ccc(C(C)CC(C)Br)cc1F. The Balaban J connectivity index is 2.80. The average molecular weight is 259 g/mol. The second-order valence-electron chi connectivity index (χ2n) is 3.93. The minimum atomic E-state index is -0.100. The van der Waals surface area contributed by atoms with Gasteiger partial charge in [-0.2, -0.15) is 0 Å². The van der Waals surface area contributed by atoms with Gasteiger partial charge in [0.25, 0.3) is 0 Å². The molecule has 2 heteroatoms. The molecule has 2 atom stereocenters. The lowest BCUT2D eigenvalue weighted by Gasteiger charge is -2.13. The summed E-state index contributed by atoms with van der Waals surface area (Å²) >= 11 is 3.51. The van der Waals surface area contributed by atoms with Crippen LogP contribution in [0.15, 0.2) is 18.2 Å². The van der Waals surface area contributed by atoms with Crippen molar-refractivity contribution in [3.05, 3.63) is 35.1 Å². The second kappa shape index (κ2) is 4.92. The van der Waals surface area contributed by atoms with Gasteiger partial charge in [0.1, 0.15) is 5.82 Å². The standard InChI is InChI=1S/C12H16BrF/c1-8-4-5-11(7-12(8)14)9(2)6-10(3)13/h4-5,7,9-10H,6H2,1-3H3. The van der Waals surface area contributed by atoms with E-state index in [1.54, 1.807) is 13.0 Å². The Labute approximate surface area is 93.7 Å². The maximum atomic E-state index is 13.3. The number of halogens is 2. The van der Waals surface area contributed by atoms with Crippen molar-refractivity contribution in [3.8, 4) is 0 Å². The van der Waals surface area contributed by atoms with Crippen molar-refractivity contribution in [1.82, 2.24) is 0 Å². The Bertz CT molecular complexity index is 307. The van der Waals surface area contributed by atoms with E-state index >= 15 is 0 Å². The molecule has 14 heavy (non-hydrogen) atoms. The van der Waals surface area contributed by atoms with Gasteiger partial charge in [-0.1, -0.05) is 41.9 Å². The minimum absolute atomic E-state index is 0.100. The van der Waals surface area contributed by atoms with Crippen LogP contribution in [-0.2, 0) is 0 Å². The summed E-state index contributed by atoms with van der Waals surface area (Å²) in [6.07, 6.45) is 1.03. The maximum Gasteiger partial charge on any atom is 0.126 e. The summed E-state index contributed by atoms with van der Waals surface area (Å²) in [7, 11) is 0. The maximum absolute atomic E-state index is 13.3. The molecule has 1 aromatic rings. The molecule has 0 saturated carbocycles. The van der Waals surface area contributed by atoms with Gasteiger partial charge in [-0.05, 0) is 36.5 Å². The molecule has 0 bridgehead atoms. The first-order valence-corrected chi connectivity index (χ1v) is 5.82. The molecular formula is C12H16BrF. The molecule has 78 valence electrons. The minimum Gasteiger partial charge on any atom is -0.207 e. The molecule has 0 saturated heterocycles. The molecule has 0 aliphatic rings. The molecule has 1 rings (SSSR count). The van der Waals surface area contributed by atoms with Crippen molar-refractivity contribution in [2.75, 3.05) is 0 Å². The number of hydrogen-bond acceptors (Lipinski definition) is 0. The summed E-state index contributed by atoms with van der Waals surface area (Å²) < 4.78 is 13.3. The van der Waals surface area contributed by atoms with Crippen molar-refractivity contribution in [2.45, 2.75) is 37.9 Å².